The summed E-state index contributed by atoms with van der Waals surface area (Å²) in [4.78, 5) is 14.7. The molecule has 1 amide bonds. The first kappa shape index (κ1) is 23.4. The number of nitrogens with one attached hydrogen (secondary N) is 2. The van der Waals surface area contributed by atoms with E-state index >= 15 is 0 Å². The molecule has 0 aliphatic carbocycles. The summed E-state index contributed by atoms with van der Waals surface area (Å²) in [5.41, 5.74) is 1.66. The number of carbonyl (C=O) groups is 1. The molecule has 33 heavy (non-hydrogen) atoms. The second kappa shape index (κ2) is 10.5. The zero-order valence-corrected chi connectivity index (χ0v) is 18.9. The Hall–Kier alpha value is -2.73. The summed E-state index contributed by atoms with van der Waals surface area (Å²) >= 11 is 0. The molecule has 0 unspecified atom stereocenters. The molecule has 2 saturated heterocycles. The van der Waals surface area contributed by atoms with Crippen LogP contribution in [0.3, 0.4) is 0 Å². The number of rotatable bonds is 7. The maximum absolute atomic E-state index is 13.4. The van der Waals surface area contributed by atoms with E-state index in [9.17, 15) is 17.6 Å². The summed E-state index contributed by atoms with van der Waals surface area (Å²) < 4.78 is 51.7. The van der Waals surface area contributed by atoms with E-state index in [0.717, 1.165) is 5.69 Å². The van der Waals surface area contributed by atoms with E-state index in [0.29, 0.717) is 64.0 Å². The van der Waals surface area contributed by atoms with Crippen LogP contribution in [0.4, 0.5) is 21.5 Å². The lowest BCUT2D eigenvalue weighted by Crippen LogP contribution is -2.40. The van der Waals surface area contributed by atoms with Crippen molar-refractivity contribution < 1.29 is 27.1 Å². The van der Waals surface area contributed by atoms with Crippen molar-refractivity contribution in [3.05, 3.63) is 48.3 Å². The summed E-state index contributed by atoms with van der Waals surface area (Å²) in [7, 11) is -3.70. The molecule has 0 radical (unpaired) electrons. The number of hydrogen-bond acceptors (Lipinski definition) is 7. The average Bonchev–Trinajstić information content (AvgIpc) is 2.83. The van der Waals surface area contributed by atoms with Crippen molar-refractivity contribution >= 4 is 33.0 Å². The molecule has 2 heterocycles. The molecule has 2 aliphatic rings. The Morgan fingerprint density at radius 3 is 2.36 bits per heavy atom. The first-order valence-corrected chi connectivity index (χ1v) is 12.2. The minimum Gasteiger partial charge on any atom is -0.379 e. The zero-order chi connectivity index (χ0) is 23.3. The van der Waals surface area contributed by atoms with E-state index in [4.69, 9.17) is 9.47 Å². The molecule has 2 aliphatic heterocycles. The number of morpholine rings is 2. The smallest absolute Gasteiger partial charge is 0.243 e. The molecule has 0 atom stereocenters. The van der Waals surface area contributed by atoms with Gasteiger partial charge < -0.3 is 25.0 Å². The summed E-state index contributed by atoms with van der Waals surface area (Å²) in [6, 6.07) is 10.5. The first-order valence-electron chi connectivity index (χ1n) is 10.8. The number of carbonyl (C=O) groups excluding carboxylic acids is 1. The average molecular weight is 479 g/mol. The summed E-state index contributed by atoms with van der Waals surface area (Å²) in [6.07, 6.45) is 0. The largest absolute Gasteiger partial charge is 0.379 e. The Kier molecular flexibility index (Phi) is 7.43. The standard InChI is InChI=1S/C22H27FN4O5S/c23-17-2-1-3-18(14-17)25-22(28)16-24-20-15-19(33(29,30)27-8-12-32-13-9-27)4-5-21(20)26-6-10-31-11-7-26/h1-5,14-15,24H,6-13,16H2,(H,25,28). The lowest BCUT2D eigenvalue weighted by Gasteiger charge is -2.31. The van der Waals surface area contributed by atoms with Crippen LogP contribution < -0.4 is 15.5 Å². The van der Waals surface area contributed by atoms with Crippen LogP contribution in [-0.4, -0.2) is 77.8 Å². The highest BCUT2D eigenvalue weighted by atomic mass is 32.2. The van der Waals surface area contributed by atoms with Gasteiger partial charge in [0.15, 0.2) is 0 Å². The van der Waals surface area contributed by atoms with Crippen molar-refractivity contribution in [3.8, 4) is 0 Å². The topological polar surface area (TPSA) is 100 Å². The molecule has 2 aromatic carbocycles. The molecule has 9 nitrogen and oxygen atoms in total. The number of hydrogen-bond donors (Lipinski definition) is 2. The monoisotopic (exact) mass is 478 g/mol. The Morgan fingerprint density at radius 2 is 1.67 bits per heavy atom. The maximum Gasteiger partial charge on any atom is 0.243 e. The molecule has 0 bridgehead atoms. The molecular weight excluding hydrogens is 451 g/mol. The van der Waals surface area contributed by atoms with Crippen molar-refractivity contribution in [2.24, 2.45) is 0 Å². The molecule has 4 rings (SSSR count). The van der Waals surface area contributed by atoms with Gasteiger partial charge >= 0.3 is 0 Å². The van der Waals surface area contributed by atoms with E-state index < -0.39 is 15.8 Å². The quantitative estimate of drug-likeness (QED) is 0.625. The molecular formula is C22H27FN4O5S. The summed E-state index contributed by atoms with van der Waals surface area (Å²) in [5.74, 6) is -0.827. The lowest BCUT2D eigenvalue weighted by molar-refractivity contribution is -0.114. The van der Waals surface area contributed by atoms with E-state index in [1.165, 1.54) is 22.5 Å². The van der Waals surface area contributed by atoms with E-state index in [1.807, 2.05) is 0 Å². The number of halogens is 1. The summed E-state index contributed by atoms with van der Waals surface area (Å²) in [5, 5.41) is 5.70. The molecule has 11 heteroatoms. The van der Waals surface area contributed by atoms with Crippen LogP contribution in [0.2, 0.25) is 0 Å². The van der Waals surface area contributed by atoms with Crippen LogP contribution in [0.5, 0.6) is 0 Å². The van der Waals surface area contributed by atoms with Crippen molar-refractivity contribution in [2.75, 3.05) is 74.7 Å². The van der Waals surface area contributed by atoms with Gasteiger partial charge in [-0.05, 0) is 36.4 Å². The van der Waals surface area contributed by atoms with Gasteiger partial charge in [-0.1, -0.05) is 6.07 Å². The van der Waals surface area contributed by atoms with Gasteiger partial charge in [-0.3, -0.25) is 4.79 Å². The molecule has 0 aromatic heterocycles. The fraction of sp³-hybridized carbons (Fsp3) is 0.409. The minimum atomic E-state index is -3.70. The fourth-order valence-corrected chi connectivity index (χ4v) is 5.21. The number of amides is 1. The first-order chi connectivity index (χ1) is 15.9. The van der Waals surface area contributed by atoms with Gasteiger partial charge in [-0.2, -0.15) is 4.31 Å². The van der Waals surface area contributed by atoms with Crippen molar-refractivity contribution in [1.29, 1.82) is 0 Å². The van der Waals surface area contributed by atoms with E-state index in [-0.39, 0.29) is 17.3 Å². The van der Waals surface area contributed by atoms with Crippen LogP contribution in [-0.2, 0) is 24.3 Å². The van der Waals surface area contributed by atoms with Crippen molar-refractivity contribution in [2.45, 2.75) is 4.90 Å². The zero-order valence-electron chi connectivity index (χ0n) is 18.1. The second-order valence-corrected chi connectivity index (χ2v) is 9.64. The van der Waals surface area contributed by atoms with E-state index in [1.54, 1.807) is 24.3 Å². The third-order valence-electron chi connectivity index (χ3n) is 5.48. The Morgan fingerprint density at radius 1 is 0.970 bits per heavy atom. The van der Waals surface area contributed by atoms with Gasteiger partial charge in [0.25, 0.3) is 0 Å². The van der Waals surface area contributed by atoms with Crippen LogP contribution in [0.25, 0.3) is 0 Å². The number of anilines is 3. The van der Waals surface area contributed by atoms with Crippen LogP contribution >= 0.6 is 0 Å². The lowest BCUT2D eigenvalue weighted by atomic mass is 10.2. The van der Waals surface area contributed by atoms with Gasteiger partial charge in [0.1, 0.15) is 5.82 Å². The van der Waals surface area contributed by atoms with Crippen LogP contribution in [0.15, 0.2) is 47.4 Å². The third-order valence-corrected chi connectivity index (χ3v) is 7.37. The number of nitrogens with zero attached hydrogens (tertiary/aromatic N) is 2. The normalized spacial score (nSPS) is 17.5. The molecule has 0 spiro atoms. The summed E-state index contributed by atoms with van der Waals surface area (Å²) in [6.45, 7) is 3.63. The van der Waals surface area contributed by atoms with Gasteiger partial charge in [0, 0.05) is 31.9 Å². The highest BCUT2D eigenvalue weighted by molar-refractivity contribution is 7.89. The Labute approximate surface area is 192 Å². The molecule has 0 saturated carbocycles. The SMILES string of the molecule is O=C(CNc1cc(S(=O)(=O)N2CCOCC2)ccc1N1CCOCC1)Nc1cccc(F)c1. The van der Waals surface area contributed by atoms with Crippen molar-refractivity contribution in [1.82, 2.24) is 4.31 Å². The highest BCUT2D eigenvalue weighted by Gasteiger charge is 2.27. The Bertz CT molecular complexity index is 1090. The fourth-order valence-electron chi connectivity index (χ4n) is 3.78. The van der Waals surface area contributed by atoms with Crippen LogP contribution in [0, 0.1) is 5.82 Å². The van der Waals surface area contributed by atoms with Gasteiger partial charge in [0.2, 0.25) is 15.9 Å². The molecule has 2 N–H and O–H groups in total. The molecule has 2 aromatic rings. The predicted octanol–water partition coefficient (Wildman–Crippen LogP) is 1.73. The van der Waals surface area contributed by atoms with Crippen LogP contribution in [0.1, 0.15) is 0 Å². The molecule has 178 valence electrons. The Balaban J connectivity index is 1.55. The number of sulfonamides is 1. The molecule has 2 fully saturated rings. The second-order valence-electron chi connectivity index (χ2n) is 7.71. The number of ether oxygens (including phenoxy) is 2. The highest BCUT2D eigenvalue weighted by Crippen LogP contribution is 2.31. The van der Waals surface area contributed by atoms with Gasteiger partial charge in [-0.25, -0.2) is 12.8 Å². The van der Waals surface area contributed by atoms with Gasteiger partial charge in [-0.15, -0.1) is 0 Å². The minimum absolute atomic E-state index is 0.116. The van der Waals surface area contributed by atoms with Crippen molar-refractivity contribution in [3.63, 3.8) is 0 Å². The third kappa shape index (κ3) is 5.80. The predicted molar refractivity (Wildman–Crippen MR) is 123 cm³/mol. The maximum atomic E-state index is 13.4. The van der Waals surface area contributed by atoms with E-state index in [2.05, 4.69) is 15.5 Å². The van der Waals surface area contributed by atoms with Gasteiger partial charge in [0.05, 0.1) is 49.2 Å². The number of benzene rings is 2.